The topological polar surface area (TPSA) is 79.5 Å². The molecule has 2 aromatic carbocycles. The molecule has 0 spiro atoms. The van der Waals surface area contributed by atoms with Crippen LogP contribution in [-0.2, 0) is 11.2 Å². The standard InChI is InChI=1S/C19H21N3O3/c1-20-18(23)12-13-6-2-4-8-15(13)21-19(24)22-16-10-11-25-17-9-5-3-7-14(16)17/h2-9,16H,10-12H2,1H3,(H,20,23)(H2,21,22,24). The molecule has 1 heterocycles. The molecule has 0 aliphatic carbocycles. The van der Waals surface area contributed by atoms with E-state index in [0.29, 0.717) is 18.7 Å². The molecule has 0 saturated heterocycles. The first-order valence-electron chi connectivity index (χ1n) is 8.25. The van der Waals surface area contributed by atoms with Crippen molar-refractivity contribution in [3.8, 4) is 5.75 Å². The number of urea groups is 1. The molecule has 3 N–H and O–H groups in total. The Balaban J connectivity index is 1.69. The predicted molar refractivity (Wildman–Crippen MR) is 95.7 cm³/mol. The zero-order chi connectivity index (χ0) is 17.6. The third-order valence-corrected chi connectivity index (χ3v) is 4.16. The fourth-order valence-electron chi connectivity index (χ4n) is 2.87. The number of carbonyl (C=O) groups is 2. The summed E-state index contributed by atoms with van der Waals surface area (Å²) in [5, 5.41) is 8.42. The van der Waals surface area contributed by atoms with Gasteiger partial charge in [-0.05, 0) is 17.7 Å². The number of fused-ring (bicyclic) bond motifs is 1. The average molecular weight is 339 g/mol. The first-order valence-corrected chi connectivity index (χ1v) is 8.25. The van der Waals surface area contributed by atoms with E-state index in [1.54, 1.807) is 13.1 Å². The van der Waals surface area contributed by atoms with Crippen molar-refractivity contribution in [3.05, 3.63) is 59.7 Å². The second kappa shape index (κ2) is 7.70. The minimum atomic E-state index is -0.300. The molecule has 0 aromatic heterocycles. The van der Waals surface area contributed by atoms with Gasteiger partial charge in [0.05, 0.1) is 19.1 Å². The number of amides is 3. The van der Waals surface area contributed by atoms with Crippen molar-refractivity contribution in [3.63, 3.8) is 0 Å². The molecule has 0 saturated carbocycles. The highest BCUT2D eigenvalue weighted by Gasteiger charge is 2.22. The lowest BCUT2D eigenvalue weighted by Gasteiger charge is -2.26. The summed E-state index contributed by atoms with van der Waals surface area (Å²) in [5.41, 5.74) is 2.37. The maximum atomic E-state index is 12.4. The van der Waals surface area contributed by atoms with Crippen LogP contribution in [0, 0.1) is 0 Å². The van der Waals surface area contributed by atoms with Crippen molar-refractivity contribution in [1.82, 2.24) is 10.6 Å². The largest absolute Gasteiger partial charge is 0.493 e. The predicted octanol–water partition coefficient (Wildman–Crippen LogP) is 2.62. The fraction of sp³-hybridized carbons (Fsp3) is 0.263. The first-order chi connectivity index (χ1) is 12.2. The van der Waals surface area contributed by atoms with Crippen molar-refractivity contribution in [2.75, 3.05) is 19.0 Å². The minimum absolute atomic E-state index is 0.101. The lowest BCUT2D eigenvalue weighted by molar-refractivity contribution is -0.119. The van der Waals surface area contributed by atoms with E-state index in [-0.39, 0.29) is 24.4 Å². The summed E-state index contributed by atoms with van der Waals surface area (Å²) in [4.78, 5) is 24.1. The molecular weight excluding hydrogens is 318 g/mol. The van der Waals surface area contributed by atoms with E-state index in [0.717, 1.165) is 16.9 Å². The Bertz CT molecular complexity index is 776. The highest BCUT2D eigenvalue weighted by atomic mass is 16.5. The smallest absolute Gasteiger partial charge is 0.319 e. The summed E-state index contributed by atoms with van der Waals surface area (Å²) in [5.74, 6) is 0.701. The van der Waals surface area contributed by atoms with E-state index in [1.807, 2.05) is 42.5 Å². The molecule has 1 aliphatic rings. The highest BCUT2D eigenvalue weighted by molar-refractivity contribution is 5.91. The van der Waals surface area contributed by atoms with Crippen molar-refractivity contribution >= 4 is 17.6 Å². The summed E-state index contributed by atoms with van der Waals surface area (Å²) in [6, 6.07) is 14.6. The summed E-state index contributed by atoms with van der Waals surface area (Å²) in [6.45, 7) is 0.565. The number of ether oxygens (including phenoxy) is 1. The molecule has 3 rings (SSSR count). The van der Waals surface area contributed by atoms with Gasteiger partial charge in [-0.25, -0.2) is 4.79 Å². The molecule has 1 aliphatic heterocycles. The van der Waals surface area contributed by atoms with Gasteiger partial charge in [0.2, 0.25) is 5.91 Å². The monoisotopic (exact) mass is 339 g/mol. The highest BCUT2D eigenvalue weighted by Crippen LogP contribution is 2.31. The fourth-order valence-corrected chi connectivity index (χ4v) is 2.87. The van der Waals surface area contributed by atoms with E-state index in [1.165, 1.54) is 0 Å². The summed E-state index contributed by atoms with van der Waals surface area (Å²) >= 11 is 0. The minimum Gasteiger partial charge on any atom is -0.493 e. The van der Waals surface area contributed by atoms with Gasteiger partial charge in [0.1, 0.15) is 5.75 Å². The SMILES string of the molecule is CNC(=O)Cc1ccccc1NC(=O)NC1CCOc2ccccc21. The van der Waals surface area contributed by atoms with Gasteiger partial charge < -0.3 is 20.7 Å². The normalized spacial score (nSPS) is 15.5. The van der Waals surface area contributed by atoms with Crippen LogP contribution in [0.3, 0.4) is 0 Å². The molecule has 1 unspecified atom stereocenters. The molecule has 2 aromatic rings. The number of likely N-dealkylation sites (N-methyl/N-ethyl adjacent to an activating group) is 1. The van der Waals surface area contributed by atoms with Gasteiger partial charge in [0, 0.05) is 24.7 Å². The summed E-state index contributed by atoms with van der Waals surface area (Å²) < 4.78 is 5.61. The number of rotatable bonds is 4. The molecule has 0 bridgehead atoms. The van der Waals surface area contributed by atoms with Crippen LogP contribution in [0.25, 0.3) is 0 Å². The number of nitrogens with one attached hydrogen (secondary N) is 3. The van der Waals surface area contributed by atoms with E-state index in [2.05, 4.69) is 16.0 Å². The maximum Gasteiger partial charge on any atom is 0.319 e. The zero-order valence-corrected chi connectivity index (χ0v) is 14.0. The summed E-state index contributed by atoms with van der Waals surface area (Å²) in [7, 11) is 1.59. The van der Waals surface area contributed by atoms with Crippen molar-refractivity contribution < 1.29 is 14.3 Å². The molecule has 0 radical (unpaired) electrons. The number of para-hydroxylation sites is 2. The Morgan fingerprint density at radius 3 is 2.72 bits per heavy atom. The van der Waals surface area contributed by atoms with Gasteiger partial charge in [-0.15, -0.1) is 0 Å². The van der Waals surface area contributed by atoms with E-state index in [9.17, 15) is 9.59 Å². The van der Waals surface area contributed by atoms with Gasteiger partial charge >= 0.3 is 6.03 Å². The van der Waals surface area contributed by atoms with E-state index >= 15 is 0 Å². The van der Waals surface area contributed by atoms with Gasteiger partial charge in [-0.2, -0.15) is 0 Å². The van der Waals surface area contributed by atoms with Gasteiger partial charge in [0.15, 0.2) is 0 Å². The van der Waals surface area contributed by atoms with Crippen LogP contribution in [-0.4, -0.2) is 25.6 Å². The Morgan fingerprint density at radius 1 is 1.12 bits per heavy atom. The van der Waals surface area contributed by atoms with E-state index < -0.39 is 0 Å². The number of anilines is 1. The van der Waals surface area contributed by atoms with Crippen molar-refractivity contribution in [1.29, 1.82) is 0 Å². The van der Waals surface area contributed by atoms with Crippen LogP contribution < -0.4 is 20.7 Å². The number of benzene rings is 2. The van der Waals surface area contributed by atoms with Gasteiger partial charge in [-0.3, -0.25) is 4.79 Å². The molecule has 0 fully saturated rings. The summed E-state index contributed by atoms with van der Waals surface area (Å²) in [6.07, 6.45) is 0.928. The van der Waals surface area contributed by atoms with Crippen LogP contribution >= 0.6 is 0 Å². The van der Waals surface area contributed by atoms with E-state index in [4.69, 9.17) is 4.74 Å². The number of hydrogen-bond acceptors (Lipinski definition) is 3. The van der Waals surface area contributed by atoms with Crippen LogP contribution in [0.2, 0.25) is 0 Å². The first kappa shape index (κ1) is 16.8. The van der Waals surface area contributed by atoms with Gasteiger partial charge in [0.25, 0.3) is 0 Å². The van der Waals surface area contributed by atoms with Crippen LogP contribution in [0.1, 0.15) is 23.6 Å². The molecule has 25 heavy (non-hydrogen) atoms. The molecule has 3 amide bonds. The number of carbonyl (C=O) groups excluding carboxylic acids is 2. The lowest BCUT2D eigenvalue weighted by atomic mass is 10.0. The molecular formula is C19H21N3O3. The van der Waals surface area contributed by atoms with Crippen LogP contribution in [0.15, 0.2) is 48.5 Å². The van der Waals surface area contributed by atoms with Crippen LogP contribution in [0.5, 0.6) is 5.75 Å². The number of hydrogen-bond donors (Lipinski definition) is 3. The second-order valence-corrected chi connectivity index (χ2v) is 5.83. The third kappa shape index (κ3) is 4.09. The molecule has 6 heteroatoms. The second-order valence-electron chi connectivity index (χ2n) is 5.83. The lowest BCUT2D eigenvalue weighted by Crippen LogP contribution is -2.35. The Kier molecular flexibility index (Phi) is 5.18. The third-order valence-electron chi connectivity index (χ3n) is 4.16. The Hall–Kier alpha value is -3.02. The van der Waals surface area contributed by atoms with Crippen molar-refractivity contribution in [2.45, 2.75) is 18.9 Å². The maximum absolute atomic E-state index is 12.4. The Labute approximate surface area is 146 Å². The van der Waals surface area contributed by atoms with Crippen LogP contribution in [0.4, 0.5) is 10.5 Å². The quantitative estimate of drug-likeness (QED) is 0.801. The van der Waals surface area contributed by atoms with Crippen molar-refractivity contribution in [2.24, 2.45) is 0 Å². The average Bonchev–Trinajstić information content (AvgIpc) is 2.63. The zero-order valence-electron chi connectivity index (χ0n) is 14.0. The molecule has 6 nitrogen and oxygen atoms in total. The Morgan fingerprint density at radius 2 is 1.88 bits per heavy atom. The molecule has 130 valence electrons. The van der Waals surface area contributed by atoms with Gasteiger partial charge in [-0.1, -0.05) is 36.4 Å². The molecule has 1 atom stereocenters.